The molecule has 0 amide bonds. The van der Waals surface area contributed by atoms with Crippen LogP contribution >= 0.6 is 24.0 Å². The number of rotatable bonds is 5. The molecule has 0 saturated carbocycles. The van der Waals surface area contributed by atoms with E-state index in [4.69, 9.17) is 9.52 Å². The normalized spacial score (nSPS) is 21.0. The van der Waals surface area contributed by atoms with Gasteiger partial charge in [-0.2, -0.15) is 0 Å². The molecule has 0 aromatic carbocycles. The second kappa shape index (κ2) is 9.56. The summed E-state index contributed by atoms with van der Waals surface area (Å²) in [6.45, 7) is 12.1. The van der Waals surface area contributed by atoms with Crippen molar-refractivity contribution in [3.63, 3.8) is 0 Å². The second-order valence-electron chi connectivity index (χ2n) is 6.60. The lowest BCUT2D eigenvalue weighted by molar-refractivity contribution is 0.259. The molecule has 3 rings (SSSR count). The molecule has 25 heavy (non-hydrogen) atoms. The Morgan fingerprint density at radius 3 is 2.76 bits per heavy atom. The monoisotopic (exact) mass is 459 g/mol. The first kappa shape index (κ1) is 20.2. The zero-order valence-electron chi connectivity index (χ0n) is 15.5. The molecular weight excluding hydrogens is 429 g/mol. The highest BCUT2D eigenvalue weighted by atomic mass is 127. The summed E-state index contributed by atoms with van der Waals surface area (Å²) >= 11 is 0. The van der Waals surface area contributed by atoms with E-state index in [0.29, 0.717) is 6.04 Å². The number of hydrogen-bond donors (Lipinski definition) is 1. The quantitative estimate of drug-likeness (QED) is 0.317. The van der Waals surface area contributed by atoms with Gasteiger partial charge in [-0.15, -0.1) is 24.0 Å². The van der Waals surface area contributed by atoms with Crippen molar-refractivity contribution in [1.29, 1.82) is 0 Å². The molecule has 2 aliphatic rings. The molecule has 6 nitrogen and oxygen atoms in total. The first-order valence-electron chi connectivity index (χ1n) is 9.03. The van der Waals surface area contributed by atoms with Crippen molar-refractivity contribution in [1.82, 2.24) is 20.3 Å². The molecule has 0 aliphatic carbocycles. The van der Waals surface area contributed by atoms with E-state index in [1.54, 1.807) is 0 Å². The Morgan fingerprint density at radius 1 is 1.36 bits per heavy atom. The number of aliphatic imine (C=N–C) groups is 1. The summed E-state index contributed by atoms with van der Waals surface area (Å²) in [5.41, 5.74) is 2.17. The maximum absolute atomic E-state index is 5.24. The molecule has 1 aromatic heterocycles. The number of guanidine groups is 1. The van der Waals surface area contributed by atoms with Crippen LogP contribution in [0, 0.1) is 13.8 Å². The predicted molar refractivity (Wildman–Crippen MR) is 112 cm³/mol. The Bertz CT molecular complexity index is 585. The van der Waals surface area contributed by atoms with Crippen molar-refractivity contribution in [2.24, 2.45) is 4.99 Å². The van der Waals surface area contributed by atoms with E-state index in [9.17, 15) is 0 Å². The Morgan fingerprint density at radius 2 is 2.12 bits per heavy atom. The number of likely N-dealkylation sites (tertiary alicyclic amines) is 1. The number of aryl methyl sites for hydroxylation is 2. The van der Waals surface area contributed by atoms with Gasteiger partial charge in [0.15, 0.2) is 5.96 Å². The summed E-state index contributed by atoms with van der Waals surface area (Å²) in [7, 11) is 0. The molecule has 0 bridgehead atoms. The molecule has 1 aromatic rings. The molecule has 1 atom stereocenters. The summed E-state index contributed by atoms with van der Waals surface area (Å²) in [4.78, 5) is 9.79. The minimum absolute atomic E-state index is 0. The van der Waals surface area contributed by atoms with Crippen LogP contribution < -0.4 is 5.32 Å². The van der Waals surface area contributed by atoms with Crippen LogP contribution in [-0.4, -0.2) is 66.2 Å². The van der Waals surface area contributed by atoms with Crippen molar-refractivity contribution in [3.05, 3.63) is 29.2 Å². The molecule has 2 aliphatic heterocycles. The molecule has 140 valence electrons. The first-order valence-corrected chi connectivity index (χ1v) is 9.03. The fourth-order valence-electron chi connectivity index (χ4n) is 3.58. The number of halogens is 1. The summed E-state index contributed by atoms with van der Waals surface area (Å²) in [5, 5.41) is 7.47. The van der Waals surface area contributed by atoms with Gasteiger partial charge in [0.05, 0.1) is 5.69 Å². The van der Waals surface area contributed by atoms with Gasteiger partial charge in [0.2, 0.25) is 0 Å². The Balaban J connectivity index is 0.00000225. The highest BCUT2D eigenvalue weighted by Gasteiger charge is 2.29. The molecule has 1 fully saturated rings. The number of nitrogens with one attached hydrogen (secondary N) is 1. The minimum Gasteiger partial charge on any atom is -0.361 e. The van der Waals surface area contributed by atoms with Crippen molar-refractivity contribution in [2.75, 3.05) is 39.3 Å². The van der Waals surface area contributed by atoms with Gasteiger partial charge >= 0.3 is 0 Å². The summed E-state index contributed by atoms with van der Waals surface area (Å²) in [6, 6.07) is 0.645. The van der Waals surface area contributed by atoms with Crippen LogP contribution in [0.4, 0.5) is 0 Å². The Kier molecular flexibility index (Phi) is 7.74. The zero-order chi connectivity index (χ0) is 16.9. The van der Waals surface area contributed by atoms with Gasteiger partial charge in [-0.3, -0.25) is 9.89 Å². The molecule has 3 heterocycles. The highest BCUT2D eigenvalue weighted by Crippen LogP contribution is 2.18. The smallest absolute Gasteiger partial charge is 0.193 e. The van der Waals surface area contributed by atoms with Crippen LogP contribution in [0.25, 0.3) is 0 Å². The highest BCUT2D eigenvalue weighted by molar-refractivity contribution is 14.0. The van der Waals surface area contributed by atoms with E-state index in [-0.39, 0.29) is 24.0 Å². The zero-order valence-corrected chi connectivity index (χ0v) is 17.8. The number of nitrogens with zero attached hydrogens (tertiary/aromatic N) is 4. The molecule has 1 N–H and O–H groups in total. The molecule has 0 radical (unpaired) electrons. The van der Waals surface area contributed by atoms with Crippen LogP contribution in [0.2, 0.25) is 0 Å². The van der Waals surface area contributed by atoms with E-state index in [1.807, 2.05) is 13.8 Å². The number of aromatic nitrogens is 1. The molecule has 1 saturated heterocycles. The van der Waals surface area contributed by atoms with Gasteiger partial charge in [0.25, 0.3) is 0 Å². The van der Waals surface area contributed by atoms with Gasteiger partial charge in [0, 0.05) is 50.9 Å². The third kappa shape index (κ3) is 4.97. The van der Waals surface area contributed by atoms with Crippen molar-refractivity contribution >= 4 is 29.9 Å². The van der Waals surface area contributed by atoms with Crippen molar-refractivity contribution in [3.8, 4) is 0 Å². The van der Waals surface area contributed by atoms with Crippen LogP contribution in [0.15, 0.2) is 21.7 Å². The molecular formula is C18H30IN5O. The van der Waals surface area contributed by atoms with Crippen LogP contribution in [-0.2, 0) is 6.42 Å². The SMILES string of the molecule is CCNC(=NCCc1c(C)noc1C)N1CCC(N2CC=CC2)C1.I. The van der Waals surface area contributed by atoms with Gasteiger partial charge in [0.1, 0.15) is 5.76 Å². The maximum atomic E-state index is 5.24. The average molecular weight is 459 g/mol. The Labute approximate surface area is 167 Å². The number of hydrogen-bond acceptors (Lipinski definition) is 4. The van der Waals surface area contributed by atoms with Crippen LogP contribution in [0.5, 0.6) is 0 Å². The van der Waals surface area contributed by atoms with E-state index < -0.39 is 0 Å². The second-order valence-corrected chi connectivity index (χ2v) is 6.60. The van der Waals surface area contributed by atoms with E-state index in [0.717, 1.165) is 63.1 Å². The summed E-state index contributed by atoms with van der Waals surface area (Å²) < 4.78 is 5.24. The maximum Gasteiger partial charge on any atom is 0.193 e. The molecule has 0 spiro atoms. The third-order valence-corrected chi connectivity index (χ3v) is 4.97. The molecule has 7 heteroatoms. The first-order chi connectivity index (χ1) is 11.7. The van der Waals surface area contributed by atoms with Crippen molar-refractivity contribution < 1.29 is 4.52 Å². The fraction of sp³-hybridized carbons (Fsp3) is 0.667. The van der Waals surface area contributed by atoms with E-state index in [2.05, 4.69) is 39.3 Å². The van der Waals surface area contributed by atoms with Crippen LogP contribution in [0.3, 0.4) is 0 Å². The lowest BCUT2D eigenvalue weighted by Crippen LogP contribution is -2.43. The standard InChI is InChI=1S/C18H29N5O.HI/c1-4-19-18(20-9-7-17-14(2)21-24-15(17)3)23-12-8-16(13-23)22-10-5-6-11-22;/h5-6,16H,4,7-13H2,1-3H3,(H,19,20);1H. The minimum atomic E-state index is 0. The van der Waals surface area contributed by atoms with Gasteiger partial charge in [-0.05, 0) is 33.6 Å². The molecule has 1 unspecified atom stereocenters. The topological polar surface area (TPSA) is 56.9 Å². The van der Waals surface area contributed by atoms with E-state index >= 15 is 0 Å². The lowest BCUT2D eigenvalue weighted by Gasteiger charge is -2.25. The average Bonchev–Trinajstić information content (AvgIpc) is 3.30. The fourth-order valence-corrected chi connectivity index (χ4v) is 3.58. The van der Waals surface area contributed by atoms with E-state index in [1.165, 1.54) is 12.0 Å². The van der Waals surface area contributed by atoms with Gasteiger partial charge in [-0.1, -0.05) is 17.3 Å². The lowest BCUT2D eigenvalue weighted by atomic mass is 10.1. The largest absolute Gasteiger partial charge is 0.361 e. The van der Waals surface area contributed by atoms with Crippen molar-refractivity contribution in [2.45, 2.75) is 39.7 Å². The predicted octanol–water partition coefficient (Wildman–Crippen LogP) is 2.36. The summed E-state index contributed by atoms with van der Waals surface area (Å²) in [6.07, 6.45) is 6.64. The van der Waals surface area contributed by atoms with Gasteiger partial charge in [-0.25, -0.2) is 0 Å². The summed E-state index contributed by atoms with van der Waals surface area (Å²) in [5.74, 6) is 1.95. The third-order valence-electron chi connectivity index (χ3n) is 4.97. The Hall–Kier alpha value is -1.09. The van der Waals surface area contributed by atoms with Crippen LogP contribution in [0.1, 0.15) is 30.4 Å². The van der Waals surface area contributed by atoms with Gasteiger partial charge < -0.3 is 14.7 Å².